The minimum atomic E-state index is 0.0807. The van der Waals surface area contributed by atoms with Gasteiger partial charge < -0.3 is 10.2 Å². The molecule has 0 spiro atoms. The fourth-order valence-electron chi connectivity index (χ4n) is 1.95. The number of carbonyl (C=O) groups is 1. The summed E-state index contributed by atoms with van der Waals surface area (Å²) in [7, 11) is 0. The number of rotatable bonds is 7. The quantitative estimate of drug-likeness (QED) is 0.822. The van der Waals surface area contributed by atoms with Gasteiger partial charge in [-0.25, -0.2) is 0 Å². The van der Waals surface area contributed by atoms with Gasteiger partial charge in [0.05, 0.1) is 17.4 Å². The molecule has 0 aromatic carbocycles. The highest BCUT2D eigenvalue weighted by Gasteiger charge is 2.18. The fraction of sp³-hybridized carbons (Fsp3) is 0.600. The molecule has 1 rings (SSSR count). The van der Waals surface area contributed by atoms with Gasteiger partial charge in [0.25, 0.3) is 5.91 Å². The van der Waals surface area contributed by atoms with Gasteiger partial charge in [0, 0.05) is 25.8 Å². The molecule has 0 saturated carbocycles. The van der Waals surface area contributed by atoms with Crippen LogP contribution in [0.25, 0.3) is 0 Å². The van der Waals surface area contributed by atoms with E-state index in [0.717, 1.165) is 31.7 Å². The number of pyridine rings is 1. The Bertz CT molecular complexity index is 404. The summed E-state index contributed by atoms with van der Waals surface area (Å²) in [6, 6.07) is 1.79. The van der Waals surface area contributed by atoms with Gasteiger partial charge in [0.1, 0.15) is 0 Å². The molecule has 0 atom stereocenters. The molecule has 1 N–H and O–H groups in total. The van der Waals surface area contributed by atoms with Crippen molar-refractivity contribution in [3.63, 3.8) is 0 Å². The largest absolute Gasteiger partial charge is 0.383 e. The second kappa shape index (κ2) is 7.77. The molecule has 0 aliphatic heterocycles. The topological polar surface area (TPSA) is 45.2 Å². The standard InChI is InChI=1S/C15H25N3O/c1-5-8-17-14-10-16-9-7-13(14)15(19)18(6-2)11-12(3)4/h7,9-10,12,17H,5-6,8,11H2,1-4H3. The number of nitrogens with one attached hydrogen (secondary N) is 1. The maximum atomic E-state index is 12.6. The van der Waals surface area contributed by atoms with E-state index >= 15 is 0 Å². The maximum Gasteiger partial charge on any atom is 0.256 e. The number of nitrogens with zero attached hydrogens (tertiary/aromatic N) is 2. The summed E-state index contributed by atoms with van der Waals surface area (Å²) < 4.78 is 0. The third-order valence-electron chi connectivity index (χ3n) is 2.87. The van der Waals surface area contributed by atoms with Gasteiger partial charge in [-0.3, -0.25) is 9.78 Å². The van der Waals surface area contributed by atoms with Gasteiger partial charge in [-0.05, 0) is 25.3 Å². The van der Waals surface area contributed by atoms with Crippen LogP contribution in [0, 0.1) is 5.92 Å². The zero-order chi connectivity index (χ0) is 14.3. The molecule has 1 aromatic heterocycles. The van der Waals surface area contributed by atoms with Crippen molar-refractivity contribution in [3.05, 3.63) is 24.0 Å². The Morgan fingerprint density at radius 2 is 2.16 bits per heavy atom. The zero-order valence-electron chi connectivity index (χ0n) is 12.4. The van der Waals surface area contributed by atoms with E-state index in [0.29, 0.717) is 11.5 Å². The average Bonchev–Trinajstić information content (AvgIpc) is 2.41. The van der Waals surface area contributed by atoms with Crippen molar-refractivity contribution >= 4 is 11.6 Å². The predicted octanol–water partition coefficient (Wildman–Crippen LogP) is 3.02. The summed E-state index contributed by atoms with van der Waals surface area (Å²) >= 11 is 0. The Hall–Kier alpha value is -1.58. The van der Waals surface area contributed by atoms with E-state index in [9.17, 15) is 4.79 Å². The Kier molecular flexibility index (Phi) is 6.33. The van der Waals surface area contributed by atoms with Crippen molar-refractivity contribution < 1.29 is 4.79 Å². The summed E-state index contributed by atoms with van der Waals surface area (Å²) in [5.41, 5.74) is 1.54. The molecule has 0 saturated heterocycles. The van der Waals surface area contributed by atoms with Crippen molar-refractivity contribution in [3.8, 4) is 0 Å². The van der Waals surface area contributed by atoms with Crippen LogP contribution in [0.15, 0.2) is 18.5 Å². The number of amides is 1. The fourth-order valence-corrected chi connectivity index (χ4v) is 1.95. The van der Waals surface area contributed by atoms with Crippen LogP contribution in [0.5, 0.6) is 0 Å². The molecule has 1 aromatic rings. The van der Waals surface area contributed by atoms with Crippen molar-refractivity contribution in [2.24, 2.45) is 5.92 Å². The Balaban J connectivity index is 2.90. The van der Waals surface area contributed by atoms with E-state index in [4.69, 9.17) is 0 Å². The van der Waals surface area contributed by atoms with Crippen molar-refractivity contribution in [1.29, 1.82) is 0 Å². The summed E-state index contributed by atoms with van der Waals surface area (Å²) in [4.78, 5) is 18.5. The van der Waals surface area contributed by atoms with E-state index in [1.54, 1.807) is 18.5 Å². The van der Waals surface area contributed by atoms with Crippen LogP contribution < -0.4 is 5.32 Å². The van der Waals surface area contributed by atoms with E-state index in [1.807, 2.05) is 11.8 Å². The predicted molar refractivity (Wildman–Crippen MR) is 79.4 cm³/mol. The maximum absolute atomic E-state index is 12.6. The van der Waals surface area contributed by atoms with Crippen LogP contribution in [0.3, 0.4) is 0 Å². The van der Waals surface area contributed by atoms with Crippen LogP contribution >= 0.6 is 0 Å². The normalized spacial score (nSPS) is 10.6. The first kappa shape index (κ1) is 15.5. The summed E-state index contributed by atoms with van der Waals surface area (Å²) in [5.74, 6) is 0.551. The first-order valence-electron chi connectivity index (χ1n) is 7.07. The van der Waals surface area contributed by atoms with Crippen LogP contribution in [0.2, 0.25) is 0 Å². The Morgan fingerprint density at radius 1 is 1.42 bits per heavy atom. The molecule has 106 valence electrons. The van der Waals surface area contributed by atoms with E-state index < -0.39 is 0 Å². The van der Waals surface area contributed by atoms with Crippen molar-refractivity contribution in [2.45, 2.75) is 34.1 Å². The van der Waals surface area contributed by atoms with E-state index in [-0.39, 0.29) is 5.91 Å². The molecule has 0 radical (unpaired) electrons. The second-order valence-electron chi connectivity index (χ2n) is 5.09. The first-order chi connectivity index (χ1) is 9.10. The third-order valence-corrected chi connectivity index (χ3v) is 2.87. The molecular formula is C15H25N3O. The highest BCUT2D eigenvalue weighted by Crippen LogP contribution is 2.16. The second-order valence-corrected chi connectivity index (χ2v) is 5.09. The van der Waals surface area contributed by atoms with Crippen LogP contribution in [0.1, 0.15) is 44.5 Å². The lowest BCUT2D eigenvalue weighted by molar-refractivity contribution is 0.0746. The number of hydrogen-bond donors (Lipinski definition) is 1. The number of hydrogen-bond acceptors (Lipinski definition) is 3. The van der Waals surface area contributed by atoms with E-state index in [1.165, 1.54) is 0 Å². The molecular weight excluding hydrogens is 238 g/mol. The number of anilines is 1. The van der Waals surface area contributed by atoms with Gasteiger partial charge in [-0.2, -0.15) is 0 Å². The van der Waals surface area contributed by atoms with Gasteiger partial charge in [-0.1, -0.05) is 20.8 Å². The Morgan fingerprint density at radius 3 is 2.74 bits per heavy atom. The van der Waals surface area contributed by atoms with E-state index in [2.05, 4.69) is 31.1 Å². The molecule has 0 aliphatic carbocycles. The van der Waals surface area contributed by atoms with Crippen molar-refractivity contribution in [2.75, 3.05) is 25.0 Å². The summed E-state index contributed by atoms with van der Waals surface area (Å²) in [6.07, 6.45) is 4.42. The van der Waals surface area contributed by atoms with Gasteiger partial charge in [-0.15, -0.1) is 0 Å². The van der Waals surface area contributed by atoms with Gasteiger partial charge in [0.15, 0.2) is 0 Å². The lowest BCUT2D eigenvalue weighted by Gasteiger charge is -2.24. The summed E-state index contributed by atoms with van der Waals surface area (Å²) in [6.45, 7) is 10.7. The SMILES string of the molecule is CCCNc1cnccc1C(=O)N(CC)CC(C)C. The number of aromatic nitrogens is 1. The monoisotopic (exact) mass is 263 g/mol. The minimum Gasteiger partial charge on any atom is -0.383 e. The summed E-state index contributed by atoms with van der Waals surface area (Å²) in [5, 5.41) is 3.27. The molecule has 4 nitrogen and oxygen atoms in total. The van der Waals surface area contributed by atoms with Crippen LogP contribution in [-0.4, -0.2) is 35.4 Å². The Labute approximate surface area is 116 Å². The molecule has 4 heteroatoms. The smallest absolute Gasteiger partial charge is 0.256 e. The average molecular weight is 263 g/mol. The molecule has 0 fully saturated rings. The third kappa shape index (κ3) is 4.54. The lowest BCUT2D eigenvalue weighted by Crippen LogP contribution is -2.34. The minimum absolute atomic E-state index is 0.0807. The van der Waals surface area contributed by atoms with Crippen LogP contribution in [-0.2, 0) is 0 Å². The molecule has 0 bridgehead atoms. The first-order valence-corrected chi connectivity index (χ1v) is 7.07. The van der Waals surface area contributed by atoms with Crippen LogP contribution in [0.4, 0.5) is 5.69 Å². The van der Waals surface area contributed by atoms with Gasteiger partial charge >= 0.3 is 0 Å². The molecule has 0 unspecified atom stereocenters. The highest BCUT2D eigenvalue weighted by molar-refractivity contribution is 5.99. The molecule has 1 heterocycles. The van der Waals surface area contributed by atoms with Gasteiger partial charge in [0.2, 0.25) is 0 Å². The lowest BCUT2D eigenvalue weighted by atomic mass is 10.1. The molecule has 19 heavy (non-hydrogen) atoms. The molecule has 1 amide bonds. The number of carbonyl (C=O) groups excluding carboxylic acids is 1. The molecule has 0 aliphatic rings. The highest BCUT2D eigenvalue weighted by atomic mass is 16.2. The van der Waals surface area contributed by atoms with Crippen molar-refractivity contribution in [1.82, 2.24) is 9.88 Å². The zero-order valence-corrected chi connectivity index (χ0v) is 12.4.